The van der Waals surface area contributed by atoms with E-state index in [0.29, 0.717) is 12.0 Å². The lowest BCUT2D eigenvalue weighted by molar-refractivity contribution is -0.145. The van der Waals surface area contributed by atoms with E-state index >= 15 is 0 Å². The van der Waals surface area contributed by atoms with Gasteiger partial charge >= 0.3 is 5.97 Å². The Balaban J connectivity index is 3.06. The molecular formula is C22H34N4O7S. The number of nitrogens with one attached hydrogen (secondary N) is 3. The maximum absolute atomic E-state index is 12.9. The summed E-state index contributed by atoms with van der Waals surface area (Å²) in [6.45, 7) is 4.89. The highest BCUT2D eigenvalue weighted by molar-refractivity contribution is 7.80. The standard InChI is InChI=1S/C22H34N4O7S/c1-4-11(2)17(23)21(31)25-16(10-34)20(30)24-15(9-13-5-7-14(28)8-6-13)19(29)26-18(12(3)27)22(32)33/h5-8,11-12,15-18,27-28,34H,4,9-10,23H2,1-3H3,(H,24,30)(H,25,31)(H,26,29)(H,32,33). The Hall–Kier alpha value is -2.83. The number of carbonyl (C=O) groups is 4. The largest absolute Gasteiger partial charge is 0.508 e. The molecule has 12 heteroatoms. The molecule has 0 aliphatic rings. The van der Waals surface area contributed by atoms with E-state index in [9.17, 15) is 34.5 Å². The van der Waals surface area contributed by atoms with Crippen molar-refractivity contribution in [1.29, 1.82) is 0 Å². The van der Waals surface area contributed by atoms with Crippen LogP contribution in [0.5, 0.6) is 5.75 Å². The van der Waals surface area contributed by atoms with E-state index in [1.54, 1.807) is 6.92 Å². The first-order valence-electron chi connectivity index (χ1n) is 10.9. The minimum Gasteiger partial charge on any atom is -0.508 e. The van der Waals surface area contributed by atoms with E-state index < -0.39 is 54.0 Å². The van der Waals surface area contributed by atoms with Crippen molar-refractivity contribution >= 4 is 36.3 Å². The third-order valence-electron chi connectivity index (χ3n) is 5.43. The molecule has 0 saturated heterocycles. The number of nitrogens with two attached hydrogens (primary N) is 1. The van der Waals surface area contributed by atoms with Gasteiger partial charge < -0.3 is 37.0 Å². The van der Waals surface area contributed by atoms with Gasteiger partial charge in [0.25, 0.3) is 0 Å². The van der Waals surface area contributed by atoms with Gasteiger partial charge in [-0.25, -0.2) is 4.79 Å². The van der Waals surface area contributed by atoms with Crippen LogP contribution in [0.15, 0.2) is 24.3 Å². The Morgan fingerprint density at radius 3 is 1.97 bits per heavy atom. The number of carboxylic acid groups (broad SMARTS) is 1. The fourth-order valence-electron chi connectivity index (χ4n) is 2.97. The van der Waals surface area contributed by atoms with Gasteiger partial charge in [-0.05, 0) is 30.5 Å². The summed E-state index contributed by atoms with van der Waals surface area (Å²) in [5.41, 5.74) is 6.48. The Kier molecular flexibility index (Phi) is 11.8. The number of phenols is 1. The third-order valence-corrected chi connectivity index (χ3v) is 5.80. The zero-order valence-corrected chi connectivity index (χ0v) is 20.3. The number of hydrogen-bond acceptors (Lipinski definition) is 8. The molecule has 0 aliphatic carbocycles. The molecule has 1 aromatic carbocycles. The lowest BCUT2D eigenvalue weighted by Crippen LogP contribution is -2.59. The molecule has 0 radical (unpaired) electrons. The molecule has 0 fully saturated rings. The number of aromatic hydroxyl groups is 1. The van der Waals surface area contributed by atoms with Crippen molar-refractivity contribution in [3.8, 4) is 5.75 Å². The van der Waals surface area contributed by atoms with Crippen molar-refractivity contribution in [1.82, 2.24) is 16.0 Å². The molecule has 0 spiro atoms. The van der Waals surface area contributed by atoms with Gasteiger partial charge in [0.15, 0.2) is 6.04 Å². The average Bonchev–Trinajstić information content (AvgIpc) is 2.79. The van der Waals surface area contributed by atoms with Gasteiger partial charge in [0.2, 0.25) is 17.7 Å². The first-order chi connectivity index (χ1) is 15.9. The van der Waals surface area contributed by atoms with Crippen LogP contribution in [0.1, 0.15) is 32.8 Å². The molecule has 1 rings (SSSR count). The number of rotatable bonds is 13. The van der Waals surface area contributed by atoms with Crippen LogP contribution in [-0.2, 0) is 25.6 Å². The van der Waals surface area contributed by atoms with Crippen LogP contribution in [0.25, 0.3) is 0 Å². The summed E-state index contributed by atoms with van der Waals surface area (Å²) in [6.07, 6.45) is -0.781. The monoisotopic (exact) mass is 498 g/mol. The Labute approximate surface area is 203 Å². The summed E-state index contributed by atoms with van der Waals surface area (Å²) >= 11 is 4.11. The minimum atomic E-state index is -1.60. The summed E-state index contributed by atoms with van der Waals surface area (Å²) in [5.74, 6) is -3.75. The van der Waals surface area contributed by atoms with Crippen LogP contribution < -0.4 is 21.7 Å². The number of carbonyl (C=O) groups excluding carboxylic acids is 3. The zero-order chi connectivity index (χ0) is 26.0. The molecule has 0 heterocycles. The predicted molar refractivity (Wildman–Crippen MR) is 128 cm³/mol. The molecule has 6 unspecified atom stereocenters. The Morgan fingerprint density at radius 1 is 0.971 bits per heavy atom. The molecule has 6 atom stereocenters. The second-order valence-corrected chi connectivity index (χ2v) is 8.52. The number of phenolic OH excluding ortho intramolecular Hbond substituents is 1. The molecule has 0 saturated carbocycles. The minimum absolute atomic E-state index is 0.00401. The van der Waals surface area contributed by atoms with Gasteiger partial charge in [0, 0.05) is 12.2 Å². The third kappa shape index (κ3) is 8.84. The van der Waals surface area contributed by atoms with Crippen LogP contribution in [0.2, 0.25) is 0 Å². The smallest absolute Gasteiger partial charge is 0.328 e. The zero-order valence-electron chi connectivity index (χ0n) is 19.4. The highest BCUT2D eigenvalue weighted by Crippen LogP contribution is 2.12. The molecule has 0 aromatic heterocycles. The molecule has 190 valence electrons. The Bertz CT molecular complexity index is 850. The fraction of sp³-hybridized carbons (Fsp3) is 0.545. The van der Waals surface area contributed by atoms with E-state index in [-0.39, 0.29) is 23.8 Å². The lowest BCUT2D eigenvalue weighted by atomic mass is 9.99. The summed E-state index contributed by atoms with van der Waals surface area (Å²) in [5, 5.41) is 35.7. The predicted octanol–water partition coefficient (Wildman–Crippen LogP) is -0.842. The number of carboxylic acids is 1. The number of benzene rings is 1. The number of amides is 3. The highest BCUT2D eigenvalue weighted by atomic mass is 32.1. The first kappa shape index (κ1) is 29.2. The van der Waals surface area contributed by atoms with E-state index in [4.69, 9.17) is 5.73 Å². The summed E-state index contributed by atoms with van der Waals surface area (Å²) in [7, 11) is 0. The van der Waals surface area contributed by atoms with Crippen LogP contribution in [-0.4, -0.2) is 75.0 Å². The van der Waals surface area contributed by atoms with Crippen molar-refractivity contribution in [3.05, 3.63) is 29.8 Å². The molecule has 11 nitrogen and oxygen atoms in total. The average molecular weight is 499 g/mol. The summed E-state index contributed by atoms with van der Waals surface area (Å²) in [6, 6.07) is 1.08. The van der Waals surface area contributed by atoms with Gasteiger partial charge in [-0.15, -0.1) is 0 Å². The number of aliphatic hydroxyl groups is 1. The topological polar surface area (TPSA) is 191 Å². The molecular weight excluding hydrogens is 464 g/mol. The van der Waals surface area contributed by atoms with E-state index in [1.165, 1.54) is 31.2 Å². The van der Waals surface area contributed by atoms with Crippen LogP contribution in [0.3, 0.4) is 0 Å². The van der Waals surface area contributed by atoms with Crippen molar-refractivity contribution in [2.24, 2.45) is 11.7 Å². The first-order valence-corrected chi connectivity index (χ1v) is 11.5. The maximum atomic E-state index is 12.9. The molecule has 3 amide bonds. The van der Waals surface area contributed by atoms with Crippen molar-refractivity contribution in [3.63, 3.8) is 0 Å². The summed E-state index contributed by atoms with van der Waals surface area (Å²) in [4.78, 5) is 49.5. The van der Waals surface area contributed by atoms with Gasteiger partial charge in [0.1, 0.15) is 17.8 Å². The van der Waals surface area contributed by atoms with Gasteiger partial charge in [0.05, 0.1) is 12.1 Å². The number of aliphatic hydroxyl groups excluding tert-OH is 1. The highest BCUT2D eigenvalue weighted by Gasteiger charge is 2.32. The van der Waals surface area contributed by atoms with Crippen molar-refractivity contribution in [2.75, 3.05) is 5.75 Å². The Morgan fingerprint density at radius 2 is 1.50 bits per heavy atom. The van der Waals surface area contributed by atoms with Crippen LogP contribution in [0.4, 0.5) is 0 Å². The molecule has 8 N–H and O–H groups in total. The quantitative estimate of drug-likeness (QED) is 0.161. The van der Waals surface area contributed by atoms with Gasteiger partial charge in [-0.1, -0.05) is 32.4 Å². The lowest BCUT2D eigenvalue weighted by Gasteiger charge is -2.26. The SMILES string of the molecule is CCC(C)C(N)C(=O)NC(CS)C(=O)NC(Cc1ccc(O)cc1)C(=O)NC(C(=O)O)C(C)O. The normalized spacial score (nSPS) is 16.3. The maximum Gasteiger partial charge on any atom is 0.328 e. The number of thiol groups is 1. The summed E-state index contributed by atoms with van der Waals surface area (Å²) < 4.78 is 0. The van der Waals surface area contributed by atoms with Crippen LogP contribution in [0, 0.1) is 5.92 Å². The van der Waals surface area contributed by atoms with E-state index in [1.807, 2.05) is 6.92 Å². The molecule has 0 bridgehead atoms. The van der Waals surface area contributed by atoms with E-state index in [2.05, 4.69) is 28.6 Å². The van der Waals surface area contributed by atoms with Gasteiger partial charge in [-0.2, -0.15) is 12.6 Å². The van der Waals surface area contributed by atoms with E-state index in [0.717, 1.165) is 0 Å². The second kappa shape index (κ2) is 13.8. The molecule has 1 aromatic rings. The van der Waals surface area contributed by atoms with Gasteiger partial charge in [-0.3, -0.25) is 14.4 Å². The fourth-order valence-corrected chi connectivity index (χ4v) is 3.22. The van der Waals surface area contributed by atoms with Crippen molar-refractivity contribution < 1.29 is 34.5 Å². The number of aliphatic carboxylic acids is 1. The number of hydrogen-bond donors (Lipinski definition) is 8. The van der Waals surface area contributed by atoms with Crippen molar-refractivity contribution in [2.45, 2.75) is 63.9 Å². The second-order valence-electron chi connectivity index (χ2n) is 8.15. The van der Waals surface area contributed by atoms with Crippen LogP contribution >= 0.6 is 12.6 Å². The molecule has 34 heavy (non-hydrogen) atoms. The molecule has 0 aliphatic heterocycles.